The van der Waals surface area contributed by atoms with Crippen LogP contribution in [0.1, 0.15) is 16.7 Å². The molecule has 1 N–H and O–H groups in total. The molecule has 18 heavy (non-hydrogen) atoms. The number of thioether (sulfide) groups is 1. The number of nitrogens with zero attached hydrogens (tertiary/aromatic N) is 2. The molecule has 1 heterocycles. The SMILES string of the molecule is CNc1ncc(C)c(SCc2ccccc2C)n1. The molecule has 0 bridgehead atoms. The summed E-state index contributed by atoms with van der Waals surface area (Å²) >= 11 is 1.75. The first kappa shape index (κ1) is 12.9. The summed E-state index contributed by atoms with van der Waals surface area (Å²) in [4.78, 5) is 8.67. The van der Waals surface area contributed by atoms with Crippen molar-refractivity contribution < 1.29 is 0 Å². The van der Waals surface area contributed by atoms with E-state index in [0.29, 0.717) is 5.95 Å². The number of benzene rings is 1. The highest BCUT2D eigenvalue weighted by atomic mass is 32.2. The molecule has 0 saturated carbocycles. The molecule has 0 aliphatic carbocycles. The van der Waals surface area contributed by atoms with Crippen LogP contribution in [0, 0.1) is 13.8 Å². The maximum Gasteiger partial charge on any atom is 0.223 e. The predicted molar refractivity (Wildman–Crippen MR) is 77.1 cm³/mol. The van der Waals surface area contributed by atoms with Gasteiger partial charge in [0.2, 0.25) is 5.95 Å². The van der Waals surface area contributed by atoms with Crippen LogP contribution in [-0.4, -0.2) is 17.0 Å². The molecule has 3 nitrogen and oxygen atoms in total. The Balaban J connectivity index is 2.13. The summed E-state index contributed by atoms with van der Waals surface area (Å²) in [5, 5.41) is 4.01. The molecule has 1 aromatic heterocycles. The van der Waals surface area contributed by atoms with Gasteiger partial charge in [-0.15, -0.1) is 11.8 Å². The second-order valence-electron chi connectivity index (χ2n) is 4.15. The van der Waals surface area contributed by atoms with Crippen LogP contribution in [0.25, 0.3) is 0 Å². The fourth-order valence-electron chi connectivity index (χ4n) is 1.61. The molecule has 0 atom stereocenters. The number of nitrogens with one attached hydrogen (secondary N) is 1. The van der Waals surface area contributed by atoms with Gasteiger partial charge in [0.25, 0.3) is 0 Å². The molecule has 2 rings (SSSR count). The van der Waals surface area contributed by atoms with Gasteiger partial charge in [0.05, 0.1) is 0 Å². The smallest absolute Gasteiger partial charge is 0.223 e. The Bertz CT molecular complexity index is 540. The summed E-state index contributed by atoms with van der Waals surface area (Å²) in [6, 6.07) is 8.45. The van der Waals surface area contributed by atoms with Gasteiger partial charge >= 0.3 is 0 Å². The standard InChI is InChI=1S/C14H17N3S/c1-10-6-4-5-7-12(10)9-18-13-11(2)8-16-14(15-3)17-13/h4-8H,9H2,1-3H3,(H,15,16,17). The van der Waals surface area contributed by atoms with Crippen LogP contribution in [0.5, 0.6) is 0 Å². The first-order valence-corrected chi connectivity index (χ1v) is 6.88. The van der Waals surface area contributed by atoms with Crippen molar-refractivity contribution in [1.82, 2.24) is 9.97 Å². The molecule has 0 spiro atoms. The summed E-state index contributed by atoms with van der Waals surface area (Å²) in [5.41, 5.74) is 3.80. The third-order valence-electron chi connectivity index (χ3n) is 2.77. The summed E-state index contributed by atoms with van der Waals surface area (Å²) in [6.45, 7) is 4.18. The van der Waals surface area contributed by atoms with Crippen LogP contribution in [0.2, 0.25) is 0 Å². The Hall–Kier alpha value is -1.55. The Kier molecular flexibility index (Phi) is 4.20. The van der Waals surface area contributed by atoms with Gasteiger partial charge in [0, 0.05) is 19.0 Å². The van der Waals surface area contributed by atoms with E-state index in [1.807, 2.05) is 20.2 Å². The molecule has 0 fully saturated rings. The van der Waals surface area contributed by atoms with Crippen molar-refractivity contribution >= 4 is 17.7 Å². The van der Waals surface area contributed by atoms with E-state index < -0.39 is 0 Å². The molecule has 4 heteroatoms. The van der Waals surface area contributed by atoms with Crippen molar-refractivity contribution in [1.29, 1.82) is 0 Å². The lowest BCUT2D eigenvalue weighted by atomic mass is 10.1. The van der Waals surface area contributed by atoms with E-state index in [9.17, 15) is 0 Å². The van der Waals surface area contributed by atoms with Crippen molar-refractivity contribution in [2.24, 2.45) is 0 Å². The minimum absolute atomic E-state index is 0.674. The zero-order valence-electron chi connectivity index (χ0n) is 10.9. The lowest BCUT2D eigenvalue weighted by molar-refractivity contribution is 1.00. The Morgan fingerprint density at radius 1 is 1.17 bits per heavy atom. The molecule has 2 aromatic rings. The molecule has 0 aliphatic rings. The maximum absolute atomic E-state index is 4.48. The second kappa shape index (κ2) is 5.87. The van der Waals surface area contributed by atoms with E-state index in [1.165, 1.54) is 11.1 Å². The molecule has 0 aliphatic heterocycles. The highest BCUT2D eigenvalue weighted by Crippen LogP contribution is 2.25. The predicted octanol–water partition coefficient (Wildman–Crippen LogP) is 3.43. The Morgan fingerprint density at radius 2 is 1.94 bits per heavy atom. The van der Waals surface area contributed by atoms with E-state index in [-0.39, 0.29) is 0 Å². The van der Waals surface area contributed by atoms with E-state index in [0.717, 1.165) is 16.3 Å². The Labute approximate surface area is 112 Å². The van der Waals surface area contributed by atoms with Gasteiger partial charge in [-0.2, -0.15) is 0 Å². The van der Waals surface area contributed by atoms with Crippen molar-refractivity contribution in [3.05, 3.63) is 47.2 Å². The molecular weight excluding hydrogens is 242 g/mol. The third-order valence-corrected chi connectivity index (χ3v) is 3.92. The fraction of sp³-hybridized carbons (Fsp3) is 0.286. The van der Waals surface area contributed by atoms with Gasteiger partial charge in [-0.25, -0.2) is 9.97 Å². The lowest BCUT2D eigenvalue weighted by Crippen LogP contribution is -1.98. The topological polar surface area (TPSA) is 37.8 Å². The first-order chi connectivity index (χ1) is 8.70. The largest absolute Gasteiger partial charge is 0.357 e. The normalized spacial score (nSPS) is 10.4. The third kappa shape index (κ3) is 3.01. The van der Waals surface area contributed by atoms with Crippen LogP contribution in [-0.2, 0) is 5.75 Å². The molecule has 1 aromatic carbocycles. The van der Waals surface area contributed by atoms with Crippen LogP contribution in [0.3, 0.4) is 0 Å². The first-order valence-electron chi connectivity index (χ1n) is 5.89. The quantitative estimate of drug-likeness (QED) is 0.674. The Morgan fingerprint density at radius 3 is 2.67 bits per heavy atom. The van der Waals surface area contributed by atoms with Gasteiger partial charge in [-0.05, 0) is 30.5 Å². The average molecular weight is 259 g/mol. The zero-order chi connectivity index (χ0) is 13.0. The minimum Gasteiger partial charge on any atom is -0.357 e. The van der Waals surface area contributed by atoms with Crippen LogP contribution in [0.4, 0.5) is 5.95 Å². The molecule has 94 valence electrons. The minimum atomic E-state index is 0.674. The lowest BCUT2D eigenvalue weighted by Gasteiger charge is -2.08. The maximum atomic E-state index is 4.48. The van der Waals surface area contributed by atoms with Crippen molar-refractivity contribution in [3.63, 3.8) is 0 Å². The van der Waals surface area contributed by atoms with Crippen LogP contribution in [0.15, 0.2) is 35.5 Å². The highest BCUT2D eigenvalue weighted by Gasteiger charge is 2.05. The summed E-state index contributed by atoms with van der Waals surface area (Å²) in [6.07, 6.45) is 1.86. The second-order valence-corrected chi connectivity index (χ2v) is 5.11. The fourth-order valence-corrected chi connectivity index (χ4v) is 2.66. The van der Waals surface area contributed by atoms with E-state index in [4.69, 9.17) is 0 Å². The number of hydrogen-bond donors (Lipinski definition) is 1. The summed E-state index contributed by atoms with van der Waals surface area (Å²) in [5.74, 6) is 1.61. The number of aromatic nitrogens is 2. The summed E-state index contributed by atoms with van der Waals surface area (Å²) in [7, 11) is 1.83. The molecule has 0 radical (unpaired) electrons. The van der Waals surface area contributed by atoms with E-state index in [1.54, 1.807) is 11.8 Å². The van der Waals surface area contributed by atoms with Gasteiger partial charge in [0.15, 0.2) is 0 Å². The molecule has 0 unspecified atom stereocenters. The number of rotatable bonds is 4. The molecular formula is C14H17N3S. The highest BCUT2D eigenvalue weighted by molar-refractivity contribution is 7.98. The number of anilines is 1. The van der Waals surface area contributed by atoms with Gasteiger partial charge in [-0.1, -0.05) is 24.3 Å². The van der Waals surface area contributed by atoms with Crippen LogP contribution < -0.4 is 5.32 Å². The average Bonchev–Trinajstić information content (AvgIpc) is 2.39. The van der Waals surface area contributed by atoms with Crippen molar-refractivity contribution in [2.75, 3.05) is 12.4 Å². The zero-order valence-corrected chi connectivity index (χ0v) is 11.7. The van der Waals surface area contributed by atoms with Crippen molar-refractivity contribution in [3.8, 4) is 0 Å². The molecule has 0 saturated heterocycles. The van der Waals surface area contributed by atoms with Crippen LogP contribution >= 0.6 is 11.8 Å². The van der Waals surface area contributed by atoms with E-state index in [2.05, 4.69) is 46.5 Å². The number of aryl methyl sites for hydroxylation is 2. The number of hydrogen-bond acceptors (Lipinski definition) is 4. The molecule has 0 amide bonds. The van der Waals surface area contributed by atoms with Crippen molar-refractivity contribution in [2.45, 2.75) is 24.6 Å². The summed E-state index contributed by atoms with van der Waals surface area (Å²) < 4.78 is 0. The van der Waals surface area contributed by atoms with Gasteiger partial charge < -0.3 is 5.32 Å². The van der Waals surface area contributed by atoms with E-state index >= 15 is 0 Å². The van der Waals surface area contributed by atoms with Gasteiger partial charge in [-0.3, -0.25) is 0 Å². The van der Waals surface area contributed by atoms with Gasteiger partial charge in [0.1, 0.15) is 5.03 Å². The monoisotopic (exact) mass is 259 g/mol.